The summed E-state index contributed by atoms with van der Waals surface area (Å²) in [5, 5.41) is 2.89. The van der Waals surface area contributed by atoms with Gasteiger partial charge in [-0.3, -0.25) is 9.59 Å². The molecule has 0 atom stereocenters. The lowest BCUT2D eigenvalue weighted by molar-refractivity contribution is -0.131. The minimum atomic E-state index is -0.485. The molecule has 0 aromatic carbocycles. The molecule has 0 aliphatic carbocycles. The van der Waals surface area contributed by atoms with E-state index in [4.69, 9.17) is 9.47 Å². The number of ether oxygens (including phenoxy) is 2. The fourth-order valence-corrected chi connectivity index (χ4v) is 2.01. The molecule has 0 rings (SSSR count). The van der Waals surface area contributed by atoms with Crippen molar-refractivity contribution in [3.63, 3.8) is 0 Å². The molecule has 0 aromatic rings. The van der Waals surface area contributed by atoms with Crippen LogP contribution in [0.25, 0.3) is 0 Å². The fourth-order valence-electron chi connectivity index (χ4n) is 2.01. The van der Waals surface area contributed by atoms with E-state index in [1.54, 1.807) is 0 Å². The summed E-state index contributed by atoms with van der Waals surface area (Å²) in [5.74, 6) is 0.274. The molecule has 0 fully saturated rings. The van der Waals surface area contributed by atoms with Gasteiger partial charge < -0.3 is 14.8 Å². The summed E-state index contributed by atoms with van der Waals surface area (Å²) in [4.78, 5) is 23.6. The molecule has 164 valence electrons. The summed E-state index contributed by atoms with van der Waals surface area (Å²) in [6, 6.07) is 0. The van der Waals surface area contributed by atoms with Gasteiger partial charge in [-0.05, 0) is 33.6 Å². The molecule has 0 saturated heterocycles. The van der Waals surface area contributed by atoms with Crippen LogP contribution in [0.15, 0.2) is 0 Å². The molecular weight excluding hydrogens is 342 g/mol. The Labute approximate surface area is 169 Å². The van der Waals surface area contributed by atoms with E-state index in [1.807, 2.05) is 69.2 Å². The molecule has 0 radical (unpaired) electrons. The van der Waals surface area contributed by atoms with Crippen molar-refractivity contribution in [1.29, 1.82) is 0 Å². The van der Waals surface area contributed by atoms with Gasteiger partial charge in [-0.2, -0.15) is 0 Å². The number of hydrogen-bond donors (Lipinski definition) is 1. The van der Waals surface area contributed by atoms with E-state index in [2.05, 4.69) is 5.32 Å². The van der Waals surface area contributed by atoms with Crippen LogP contribution in [-0.4, -0.2) is 43.7 Å². The minimum Gasteiger partial charge on any atom is -0.380 e. The third kappa shape index (κ3) is 18.2. The van der Waals surface area contributed by atoms with Gasteiger partial charge in [0.15, 0.2) is 0 Å². The van der Waals surface area contributed by atoms with Crippen molar-refractivity contribution in [3.05, 3.63) is 0 Å². The first-order chi connectivity index (χ1) is 12.6. The van der Waals surface area contributed by atoms with Gasteiger partial charge >= 0.3 is 0 Å². The van der Waals surface area contributed by atoms with Crippen molar-refractivity contribution >= 4 is 11.7 Å². The molecule has 1 N–H and O–H groups in total. The van der Waals surface area contributed by atoms with Crippen LogP contribution in [-0.2, 0) is 19.1 Å². The molecular formula is C22H47NO4. The van der Waals surface area contributed by atoms with Gasteiger partial charge in [0.2, 0.25) is 5.91 Å². The highest BCUT2D eigenvalue weighted by atomic mass is 16.5. The summed E-state index contributed by atoms with van der Waals surface area (Å²) in [6.07, 6.45) is 2.47. The van der Waals surface area contributed by atoms with E-state index < -0.39 is 5.41 Å². The Balaban J connectivity index is -0.00000134. The van der Waals surface area contributed by atoms with Gasteiger partial charge in [0.05, 0.1) is 12.2 Å². The van der Waals surface area contributed by atoms with Crippen LogP contribution in [0.2, 0.25) is 0 Å². The summed E-state index contributed by atoms with van der Waals surface area (Å²) in [6.45, 7) is 21.8. The molecule has 0 unspecified atom stereocenters. The van der Waals surface area contributed by atoms with Crippen molar-refractivity contribution in [2.24, 2.45) is 5.41 Å². The van der Waals surface area contributed by atoms with Gasteiger partial charge in [-0.1, -0.05) is 48.5 Å². The Morgan fingerprint density at radius 2 is 1.44 bits per heavy atom. The molecule has 27 heavy (non-hydrogen) atoms. The highest BCUT2D eigenvalue weighted by Crippen LogP contribution is 2.24. The largest absolute Gasteiger partial charge is 0.380 e. The van der Waals surface area contributed by atoms with Crippen molar-refractivity contribution < 1.29 is 19.1 Å². The Bertz CT molecular complexity index is 365. The molecule has 0 saturated carbocycles. The van der Waals surface area contributed by atoms with Gasteiger partial charge in [-0.15, -0.1) is 0 Å². The third-order valence-corrected chi connectivity index (χ3v) is 3.97. The van der Waals surface area contributed by atoms with Crippen LogP contribution in [0.3, 0.4) is 0 Å². The van der Waals surface area contributed by atoms with Crippen molar-refractivity contribution in [1.82, 2.24) is 5.32 Å². The Morgan fingerprint density at radius 3 is 1.93 bits per heavy atom. The standard InChI is InChI=1S/C18H35NO4.2C2H6/c1-7-15(20)9-10-18(5,6)23-13-11-17(3,4)16(21)19-12-14-22-8-2;2*1-2/h7-14H2,1-6H3,(H,19,21);2*1-2H3. The van der Waals surface area contributed by atoms with Crippen molar-refractivity contribution in [2.75, 3.05) is 26.4 Å². The molecule has 5 nitrogen and oxygen atoms in total. The predicted octanol–water partition coefficient (Wildman–Crippen LogP) is 5.16. The average molecular weight is 390 g/mol. The van der Waals surface area contributed by atoms with E-state index >= 15 is 0 Å². The second-order valence-corrected chi connectivity index (χ2v) is 7.09. The lowest BCUT2D eigenvalue weighted by Crippen LogP contribution is -2.40. The number of carbonyl (C=O) groups is 2. The topological polar surface area (TPSA) is 64.6 Å². The van der Waals surface area contributed by atoms with Gasteiger partial charge in [0, 0.05) is 38.0 Å². The second-order valence-electron chi connectivity index (χ2n) is 7.09. The SMILES string of the molecule is CC.CC.CCOCCNC(=O)C(C)(C)CCOC(C)(C)CCC(=O)CC. The molecule has 5 heteroatoms. The van der Waals surface area contributed by atoms with E-state index in [0.29, 0.717) is 52.0 Å². The number of Topliss-reactive ketones (excluding diaryl/α,β-unsaturated/α-hetero) is 1. The number of carbonyl (C=O) groups excluding carboxylic acids is 2. The monoisotopic (exact) mass is 389 g/mol. The number of nitrogens with one attached hydrogen (secondary N) is 1. The molecule has 0 spiro atoms. The summed E-state index contributed by atoms with van der Waals surface area (Å²) in [7, 11) is 0. The maximum absolute atomic E-state index is 12.2. The number of rotatable bonds is 13. The number of ketones is 1. The molecule has 1 amide bonds. The van der Waals surface area contributed by atoms with Gasteiger partial charge in [-0.25, -0.2) is 0 Å². The molecule has 0 aliphatic rings. The lowest BCUT2D eigenvalue weighted by atomic mass is 9.88. The zero-order chi connectivity index (χ0) is 21.9. The van der Waals surface area contributed by atoms with Crippen LogP contribution < -0.4 is 5.32 Å². The normalized spacial score (nSPS) is 10.9. The maximum Gasteiger partial charge on any atom is 0.225 e. The Hall–Kier alpha value is -0.940. The lowest BCUT2D eigenvalue weighted by Gasteiger charge is -2.29. The first-order valence-electron chi connectivity index (χ1n) is 10.7. The molecule has 0 aromatic heterocycles. The summed E-state index contributed by atoms with van der Waals surface area (Å²) in [5.41, 5.74) is -0.826. The first kappa shape index (κ1) is 30.8. The van der Waals surface area contributed by atoms with Crippen LogP contribution in [0, 0.1) is 5.41 Å². The zero-order valence-corrected chi connectivity index (χ0v) is 19.8. The smallest absolute Gasteiger partial charge is 0.225 e. The number of amides is 1. The van der Waals surface area contributed by atoms with E-state index in [0.717, 1.165) is 0 Å². The van der Waals surface area contributed by atoms with Crippen molar-refractivity contribution in [3.8, 4) is 0 Å². The van der Waals surface area contributed by atoms with Crippen LogP contribution in [0.1, 0.15) is 94.9 Å². The van der Waals surface area contributed by atoms with E-state index in [-0.39, 0.29) is 17.3 Å². The number of hydrogen-bond acceptors (Lipinski definition) is 4. The van der Waals surface area contributed by atoms with E-state index in [9.17, 15) is 9.59 Å². The molecule has 0 bridgehead atoms. The Kier molecular flexibility index (Phi) is 21.0. The highest BCUT2D eigenvalue weighted by molar-refractivity contribution is 5.81. The maximum atomic E-state index is 12.2. The first-order valence-corrected chi connectivity index (χ1v) is 10.7. The van der Waals surface area contributed by atoms with Gasteiger partial charge in [0.1, 0.15) is 5.78 Å². The fraction of sp³-hybridized carbons (Fsp3) is 0.909. The highest BCUT2D eigenvalue weighted by Gasteiger charge is 2.28. The predicted molar refractivity (Wildman–Crippen MR) is 115 cm³/mol. The van der Waals surface area contributed by atoms with Crippen LogP contribution in [0.5, 0.6) is 0 Å². The quantitative estimate of drug-likeness (QED) is 0.442. The van der Waals surface area contributed by atoms with Crippen LogP contribution >= 0.6 is 0 Å². The minimum absolute atomic E-state index is 0.0137. The second kappa shape index (κ2) is 18.4. The molecule has 0 aliphatic heterocycles. The summed E-state index contributed by atoms with van der Waals surface area (Å²) >= 11 is 0. The van der Waals surface area contributed by atoms with E-state index in [1.165, 1.54) is 0 Å². The van der Waals surface area contributed by atoms with Gasteiger partial charge in [0.25, 0.3) is 0 Å². The summed E-state index contributed by atoms with van der Waals surface area (Å²) < 4.78 is 11.1. The van der Waals surface area contributed by atoms with Crippen molar-refractivity contribution in [2.45, 2.75) is 101 Å². The third-order valence-electron chi connectivity index (χ3n) is 3.97. The van der Waals surface area contributed by atoms with Crippen LogP contribution in [0.4, 0.5) is 0 Å². The average Bonchev–Trinajstić information content (AvgIpc) is 2.66. The zero-order valence-electron chi connectivity index (χ0n) is 19.8. The molecule has 0 heterocycles. The Morgan fingerprint density at radius 1 is 0.889 bits per heavy atom.